The number of carboxylic acid groups (broad SMARTS) is 2. The van der Waals surface area contributed by atoms with Crippen LogP contribution in [0.15, 0.2) is 24.3 Å². The first-order valence-corrected chi connectivity index (χ1v) is 6.59. The second-order valence-corrected chi connectivity index (χ2v) is 4.54. The van der Waals surface area contributed by atoms with Crippen LogP contribution >= 0.6 is 0 Å². The smallest absolute Gasteiger partial charge is 0.450 e. The first kappa shape index (κ1) is 15.3. The zero-order valence-electron chi connectivity index (χ0n) is 11.1. The van der Waals surface area contributed by atoms with Crippen molar-refractivity contribution in [1.82, 2.24) is 0 Å². The number of hydrogen-bond donors (Lipinski definition) is 3. The Bertz CT molecular complexity index is 369. The molecular formula is C14H22N2O3. The third-order valence-corrected chi connectivity index (χ3v) is 3.09. The molecule has 0 amide bonds. The van der Waals surface area contributed by atoms with Crippen LogP contribution in [0, 0.1) is 0 Å². The summed E-state index contributed by atoms with van der Waals surface area (Å²) in [5, 5.41) is 13.9. The van der Waals surface area contributed by atoms with E-state index in [1.807, 2.05) is 0 Å². The predicted molar refractivity (Wildman–Crippen MR) is 75.9 cm³/mol. The Morgan fingerprint density at radius 1 is 1.11 bits per heavy atom. The van der Waals surface area contributed by atoms with Crippen LogP contribution in [0.4, 0.5) is 10.5 Å². The molecule has 106 valence electrons. The van der Waals surface area contributed by atoms with Crippen molar-refractivity contribution >= 4 is 11.8 Å². The van der Waals surface area contributed by atoms with Gasteiger partial charge in [0.15, 0.2) is 0 Å². The van der Waals surface area contributed by atoms with Crippen molar-refractivity contribution in [3.05, 3.63) is 29.8 Å². The van der Waals surface area contributed by atoms with Crippen molar-refractivity contribution < 1.29 is 15.0 Å². The van der Waals surface area contributed by atoms with Gasteiger partial charge in [0.25, 0.3) is 0 Å². The van der Waals surface area contributed by atoms with Crippen LogP contribution in [0.3, 0.4) is 0 Å². The molecule has 1 fully saturated rings. The SMILES string of the molecule is NCCc1ccc(N2CCCCC2)cc1.O=C(O)O. The molecule has 19 heavy (non-hydrogen) atoms. The van der Waals surface area contributed by atoms with Crippen LogP contribution in [0.2, 0.25) is 0 Å². The highest BCUT2D eigenvalue weighted by atomic mass is 16.6. The maximum atomic E-state index is 8.56. The van der Waals surface area contributed by atoms with Crippen molar-refractivity contribution in [2.75, 3.05) is 24.5 Å². The average Bonchev–Trinajstić information content (AvgIpc) is 2.40. The largest absolute Gasteiger partial charge is 0.503 e. The van der Waals surface area contributed by atoms with E-state index >= 15 is 0 Å². The van der Waals surface area contributed by atoms with Gasteiger partial charge in [-0.25, -0.2) is 4.79 Å². The third-order valence-electron chi connectivity index (χ3n) is 3.09. The van der Waals surface area contributed by atoms with Gasteiger partial charge in [-0.2, -0.15) is 0 Å². The fourth-order valence-electron chi connectivity index (χ4n) is 2.19. The number of carbonyl (C=O) groups is 1. The molecule has 2 rings (SSSR count). The van der Waals surface area contributed by atoms with Crippen molar-refractivity contribution in [2.45, 2.75) is 25.7 Å². The Kier molecular flexibility index (Phi) is 6.74. The van der Waals surface area contributed by atoms with Crippen LogP contribution in [0.5, 0.6) is 0 Å². The van der Waals surface area contributed by atoms with E-state index in [-0.39, 0.29) is 0 Å². The summed E-state index contributed by atoms with van der Waals surface area (Å²) >= 11 is 0. The second kappa shape index (κ2) is 8.37. The Hall–Kier alpha value is -1.75. The summed E-state index contributed by atoms with van der Waals surface area (Å²) < 4.78 is 0. The minimum atomic E-state index is -1.83. The summed E-state index contributed by atoms with van der Waals surface area (Å²) in [6.45, 7) is 3.18. The average molecular weight is 266 g/mol. The summed E-state index contributed by atoms with van der Waals surface area (Å²) in [7, 11) is 0. The lowest BCUT2D eigenvalue weighted by atomic mass is 10.1. The van der Waals surface area contributed by atoms with Crippen molar-refractivity contribution in [3.63, 3.8) is 0 Å². The van der Waals surface area contributed by atoms with Gasteiger partial charge >= 0.3 is 6.16 Å². The highest BCUT2D eigenvalue weighted by Gasteiger charge is 2.10. The van der Waals surface area contributed by atoms with Crippen LogP contribution in [0.25, 0.3) is 0 Å². The van der Waals surface area contributed by atoms with Crippen molar-refractivity contribution in [1.29, 1.82) is 0 Å². The molecule has 1 aromatic rings. The van der Waals surface area contributed by atoms with Gasteiger partial charge in [0.05, 0.1) is 0 Å². The molecule has 0 atom stereocenters. The normalized spacial score (nSPS) is 14.5. The van der Waals surface area contributed by atoms with Gasteiger partial charge in [-0.05, 0) is 49.9 Å². The zero-order valence-corrected chi connectivity index (χ0v) is 11.1. The number of anilines is 1. The minimum absolute atomic E-state index is 0.739. The van der Waals surface area contributed by atoms with Crippen LogP contribution in [-0.2, 0) is 6.42 Å². The number of piperidine rings is 1. The van der Waals surface area contributed by atoms with Crippen LogP contribution in [0.1, 0.15) is 24.8 Å². The summed E-state index contributed by atoms with van der Waals surface area (Å²) in [4.78, 5) is 11.0. The summed E-state index contributed by atoms with van der Waals surface area (Å²) in [6, 6.07) is 8.88. The van der Waals surface area contributed by atoms with Gasteiger partial charge in [-0.1, -0.05) is 12.1 Å². The lowest BCUT2D eigenvalue weighted by Gasteiger charge is -2.28. The molecule has 1 aliphatic heterocycles. The lowest BCUT2D eigenvalue weighted by Crippen LogP contribution is -2.29. The number of benzene rings is 1. The van der Waals surface area contributed by atoms with E-state index in [9.17, 15) is 0 Å². The van der Waals surface area contributed by atoms with E-state index < -0.39 is 6.16 Å². The first-order valence-electron chi connectivity index (χ1n) is 6.59. The molecule has 4 N–H and O–H groups in total. The highest BCUT2D eigenvalue weighted by molar-refractivity contribution is 5.53. The minimum Gasteiger partial charge on any atom is -0.450 e. The molecule has 1 aliphatic rings. The van der Waals surface area contributed by atoms with Gasteiger partial charge in [0.2, 0.25) is 0 Å². The maximum absolute atomic E-state index is 8.56. The lowest BCUT2D eigenvalue weighted by molar-refractivity contribution is 0.137. The summed E-state index contributed by atoms with van der Waals surface area (Å²) in [6.07, 6.45) is 3.22. The number of nitrogens with zero attached hydrogens (tertiary/aromatic N) is 1. The Labute approximate surface area is 113 Å². The van der Waals surface area contributed by atoms with Crippen LogP contribution < -0.4 is 10.6 Å². The number of nitrogens with two attached hydrogens (primary N) is 1. The molecule has 0 bridgehead atoms. The van der Waals surface area contributed by atoms with E-state index in [0.29, 0.717) is 0 Å². The van der Waals surface area contributed by atoms with Gasteiger partial charge < -0.3 is 20.8 Å². The Morgan fingerprint density at radius 2 is 1.63 bits per heavy atom. The molecule has 0 unspecified atom stereocenters. The first-order chi connectivity index (χ1) is 9.13. The van der Waals surface area contributed by atoms with E-state index in [2.05, 4.69) is 29.2 Å². The zero-order chi connectivity index (χ0) is 14.1. The quantitative estimate of drug-likeness (QED) is 0.782. The monoisotopic (exact) mass is 266 g/mol. The predicted octanol–water partition coefficient (Wildman–Crippen LogP) is 2.40. The fourth-order valence-corrected chi connectivity index (χ4v) is 2.19. The third kappa shape index (κ3) is 6.10. The van der Waals surface area contributed by atoms with E-state index in [0.717, 1.165) is 13.0 Å². The van der Waals surface area contributed by atoms with E-state index in [4.69, 9.17) is 20.7 Å². The molecule has 1 aromatic carbocycles. The highest BCUT2D eigenvalue weighted by Crippen LogP contribution is 2.20. The molecule has 5 nitrogen and oxygen atoms in total. The van der Waals surface area contributed by atoms with E-state index in [1.165, 1.54) is 43.6 Å². The molecule has 0 radical (unpaired) electrons. The fraction of sp³-hybridized carbons (Fsp3) is 0.500. The Morgan fingerprint density at radius 3 is 2.11 bits per heavy atom. The summed E-state index contributed by atoms with van der Waals surface area (Å²) in [5.41, 5.74) is 8.25. The number of hydrogen-bond acceptors (Lipinski definition) is 3. The molecule has 1 heterocycles. The van der Waals surface area contributed by atoms with Crippen LogP contribution in [-0.4, -0.2) is 36.0 Å². The molecule has 0 aliphatic carbocycles. The van der Waals surface area contributed by atoms with Gasteiger partial charge in [0, 0.05) is 18.8 Å². The molecule has 1 saturated heterocycles. The molecule has 0 spiro atoms. The van der Waals surface area contributed by atoms with Gasteiger partial charge in [-0.3, -0.25) is 0 Å². The van der Waals surface area contributed by atoms with Crippen molar-refractivity contribution in [3.8, 4) is 0 Å². The molecular weight excluding hydrogens is 244 g/mol. The summed E-state index contributed by atoms with van der Waals surface area (Å²) in [5.74, 6) is 0. The topological polar surface area (TPSA) is 86.8 Å². The standard InChI is InChI=1S/C13H20N2.CH2O3/c14-9-8-12-4-6-13(7-5-12)15-10-2-1-3-11-15;2-1(3)4/h4-7H,1-3,8-11,14H2;(H2,2,3,4). The van der Waals surface area contributed by atoms with Gasteiger partial charge in [0.1, 0.15) is 0 Å². The van der Waals surface area contributed by atoms with Crippen molar-refractivity contribution in [2.24, 2.45) is 5.73 Å². The molecule has 0 aromatic heterocycles. The second-order valence-electron chi connectivity index (χ2n) is 4.54. The number of rotatable bonds is 3. The molecule has 0 saturated carbocycles. The molecule has 5 heteroatoms. The van der Waals surface area contributed by atoms with E-state index in [1.54, 1.807) is 0 Å². The Balaban J connectivity index is 0.000000399. The van der Waals surface area contributed by atoms with Gasteiger partial charge in [-0.15, -0.1) is 0 Å². The maximum Gasteiger partial charge on any atom is 0.503 e.